The molecule has 0 aromatic rings. The Bertz CT molecular complexity index is 49.8. The molecule has 0 saturated carbocycles. The van der Waals surface area contributed by atoms with Gasteiger partial charge in [0.2, 0.25) is 0 Å². The summed E-state index contributed by atoms with van der Waals surface area (Å²) in [6.07, 6.45) is 5.26. The Kier molecular flexibility index (Phi) is 20.6. The zero-order chi connectivity index (χ0) is 9.66. The molecule has 0 aliphatic rings. The van der Waals surface area contributed by atoms with Gasteiger partial charge in [-0.2, -0.15) is 0 Å². The van der Waals surface area contributed by atoms with E-state index in [0.29, 0.717) is 0 Å². The Balaban J connectivity index is 0. The highest BCUT2D eigenvalue weighted by atomic mass is 14.8. The van der Waals surface area contributed by atoms with E-state index in [4.69, 9.17) is 0 Å². The first-order valence-electron chi connectivity index (χ1n) is 5.12. The van der Waals surface area contributed by atoms with Crippen LogP contribution in [0.3, 0.4) is 0 Å². The van der Waals surface area contributed by atoms with Gasteiger partial charge in [-0.3, -0.25) is 0 Å². The third kappa shape index (κ3) is 22.5. The zero-order valence-electron chi connectivity index (χ0n) is 9.24. The van der Waals surface area contributed by atoms with Crippen LogP contribution in [0.4, 0.5) is 0 Å². The Morgan fingerprint density at radius 1 is 0.833 bits per heavy atom. The van der Waals surface area contributed by atoms with E-state index >= 15 is 0 Å². The standard InChI is InChI=1S/C8H19N.C2H7N/c1-3-5-7-9-8-6-4-2;1-3-2/h9H,3-8H2,1-2H3;3H,1-2H3. The molecule has 0 saturated heterocycles. The van der Waals surface area contributed by atoms with Crippen molar-refractivity contribution < 1.29 is 0 Å². The summed E-state index contributed by atoms with van der Waals surface area (Å²) < 4.78 is 0. The second-order valence-electron chi connectivity index (χ2n) is 2.96. The molecule has 12 heavy (non-hydrogen) atoms. The van der Waals surface area contributed by atoms with Gasteiger partial charge in [-0.05, 0) is 40.0 Å². The summed E-state index contributed by atoms with van der Waals surface area (Å²) in [5.41, 5.74) is 0. The van der Waals surface area contributed by atoms with Crippen LogP contribution in [-0.2, 0) is 0 Å². The van der Waals surface area contributed by atoms with E-state index < -0.39 is 0 Å². The molecule has 0 amide bonds. The molecule has 0 unspecified atom stereocenters. The third-order valence-electron chi connectivity index (χ3n) is 1.41. The Labute approximate surface area is 78.1 Å². The fourth-order valence-corrected chi connectivity index (χ4v) is 0.729. The number of hydrogen-bond donors (Lipinski definition) is 2. The SMILES string of the molecule is CCCCNCCCC.CNC. The fourth-order valence-electron chi connectivity index (χ4n) is 0.729. The number of hydrogen-bond acceptors (Lipinski definition) is 2. The molecule has 0 rings (SSSR count). The Morgan fingerprint density at radius 2 is 1.17 bits per heavy atom. The van der Waals surface area contributed by atoms with E-state index in [9.17, 15) is 0 Å². The van der Waals surface area contributed by atoms with Crippen molar-refractivity contribution >= 4 is 0 Å². The van der Waals surface area contributed by atoms with Gasteiger partial charge in [0, 0.05) is 0 Å². The fraction of sp³-hybridized carbons (Fsp3) is 1.00. The predicted octanol–water partition coefficient (Wildman–Crippen LogP) is 2.01. The van der Waals surface area contributed by atoms with E-state index in [1.54, 1.807) is 0 Å². The summed E-state index contributed by atoms with van der Waals surface area (Å²) in [7, 11) is 3.75. The summed E-state index contributed by atoms with van der Waals surface area (Å²) in [5.74, 6) is 0. The smallest absolute Gasteiger partial charge is 0.00490 e. The summed E-state index contributed by atoms with van der Waals surface area (Å²) in [6, 6.07) is 0. The highest BCUT2D eigenvalue weighted by Gasteiger charge is 1.83. The summed E-state index contributed by atoms with van der Waals surface area (Å²) in [6.45, 7) is 6.86. The molecule has 2 heteroatoms. The molecular weight excluding hydrogens is 148 g/mol. The molecule has 0 heterocycles. The number of unbranched alkanes of at least 4 members (excludes halogenated alkanes) is 2. The normalized spacial score (nSPS) is 9.00. The average molecular weight is 174 g/mol. The Hall–Kier alpha value is -0.0800. The van der Waals surface area contributed by atoms with Gasteiger partial charge in [0.1, 0.15) is 0 Å². The second-order valence-corrected chi connectivity index (χ2v) is 2.96. The molecule has 0 aliphatic heterocycles. The van der Waals surface area contributed by atoms with E-state index in [2.05, 4.69) is 24.5 Å². The summed E-state index contributed by atoms with van der Waals surface area (Å²) in [5, 5.41) is 6.14. The molecular formula is C10H26N2. The van der Waals surface area contributed by atoms with Crippen molar-refractivity contribution in [3.8, 4) is 0 Å². The highest BCUT2D eigenvalue weighted by molar-refractivity contribution is 4.45. The van der Waals surface area contributed by atoms with Crippen molar-refractivity contribution in [3.05, 3.63) is 0 Å². The minimum absolute atomic E-state index is 1.20. The zero-order valence-corrected chi connectivity index (χ0v) is 9.24. The predicted molar refractivity (Wildman–Crippen MR) is 57.7 cm³/mol. The molecule has 2 N–H and O–H groups in total. The van der Waals surface area contributed by atoms with Crippen molar-refractivity contribution in [2.45, 2.75) is 39.5 Å². The van der Waals surface area contributed by atoms with Crippen molar-refractivity contribution in [2.24, 2.45) is 0 Å². The quantitative estimate of drug-likeness (QED) is 0.602. The van der Waals surface area contributed by atoms with Gasteiger partial charge >= 0.3 is 0 Å². The molecule has 0 bridgehead atoms. The van der Waals surface area contributed by atoms with Crippen LogP contribution in [0.5, 0.6) is 0 Å². The number of rotatable bonds is 6. The van der Waals surface area contributed by atoms with Gasteiger partial charge < -0.3 is 10.6 Å². The van der Waals surface area contributed by atoms with Crippen molar-refractivity contribution in [2.75, 3.05) is 27.2 Å². The molecule has 0 spiro atoms. The van der Waals surface area contributed by atoms with E-state index in [1.165, 1.54) is 38.8 Å². The van der Waals surface area contributed by atoms with Gasteiger partial charge in [-0.15, -0.1) is 0 Å². The topological polar surface area (TPSA) is 24.1 Å². The van der Waals surface area contributed by atoms with E-state index in [1.807, 2.05) is 14.1 Å². The van der Waals surface area contributed by atoms with Crippen molar-refractivity contribution in [1.29, 1.82) is 0 Å². The van der Waals surface area contributed by atoms with Crippen LogP contribution in [0, 0.1) is 0 Å². The monoisotopic (exact) mass is 174 g/mol. The minimum Gasteiger partial charge on any atom is -0.323 e. The third-order valence-corrected chi connectivity index (χ3v) is 1.41. The molecule has 76 valence electrons. The molecule has 0 aliphatic carbocycles. The largest absolute Gasteiger partial charge is 0.323 e. The van der Waals surface area contributed by atoms with Crippen LogP contribution < -0.4 is 10.6 Å². The van der Waals surface area contributed by atoms with Crippen LogP contribution in [0.1, 0.15) is 39.5 Å². The first-order chi connectivity index (χ1) is 5.83. The molecule has 0 aromatic carbocycles. The first kappa shape index (κ1) is 14.4. The van der Waals surface area contributed by atoms with E-state index in [0.717, 1.165) is 0 Å². The van der Waals surface area contributed by atoms with Gasteiger partial charge in [-0.25, -0.2) is 0 Å². The lowest BCUT2D eigenvalue weighted by molar-refractivity contribution is 0.611. The van der Waals surface area contributed by atoms with Crippen molar-refractivity contribution in [1.82, 2.24) is 10.6 Å². The van der Waals surface area contributed by atoms with Gasteiger partial charge in [0.25, 0.3) is 0 Å². The summed E-state index contributed by atoms with van der Waals surface area (Å²) >= 11 is 0. The van der Waals surface area contributed by atoms with Gasteiger partial charge in [0.05, 0.1) is 0 Å². The summed E-state index contributed by atoms with van der Waals surface area (Å²) in [4.78, 5) is 0. The van der Waals surface area contributed by atoms with Gasteiger partial charge in [0.15, 0.2) is 0 Å². The van der Waals surface area contributed by atoms with Crippen LogP contribution in [-0.4, -0.2) is 27.2 Å². The molecule has 0 atom stereocenters. The van der Waals surface area contributed by atoms with Crippen LogP contribution in [0.25, 0.3) is 0 Å². The average Bonchev–Trinajstić information content (AvgIpc) is 2.06. The molecule has 0 fully saturated rings. The lowest BCUT2D eigenvalue weighted by Gasteiger charge is -1.99. The lowest BCUT2D eigenvalue weighted by Crippen LogP contribution is -2.15. The maximum atomic E-state index is 3.39. The maximum absolute atomic E-state index is 3.39. The lowest BCUT2D eigenvalue weighted by atomic mass is 10.3. The first-order valence-corrected chi connectivity index (χ1v) is 5.12. The van der Waals surface area contributed by atoms with E-state index in [-0.39, 0.29) is 0 Å². The van der Waals surface area contributed by atoms with Crippen LogP contribution in [0.15, 0.2) is 0 Å². The molecule has 0 aromatic heterocycles. The minimum atomic E-state index is 1.20. The maximum Gasteiger partial charge on any atom is -0.00490 e. The molecule has 0 radical (unpaired) electrons. The number of nitrogens with one attached hydrogen (secondary N) is 2. The van der Waals surface area contributed by atoms with Crippen molar-refractivity contribution in [3.63, 3.8) is 0 Å². The molecule has 2 nitrogen and oxygen atoms in total. The van der Waals surface area contributed by atoms with Gasteiger partial charge in [-0.1, -0.05) is 26.7 Å². The Morgan fingerprint density at radius 3 is 1.42 bits per heavy atom. The van der Waals surface area contributed by atoms with Crippen LogP contribution >= 0.6 is 0 Å². The van der Waals surface area contributed by atoms with Crippen LogP contribution in [0.2, 0.25) is 0 Å². The highest BCUT2D eigenvalue weighted by Crippen LogP contribution is 1.85. The second kappa shape index (κ2) is 17.1.